The lowest BCUT2D eigenvalue weighted by Crippen LogP contribution is -2.32. The molecule has 1 nitrogen and oxygen atoms in total. The van der Waals surface area contributed by atoms with Crippen molar-refractivity contribution in [2.24, 2.45) is 0 Å². The normalized spacial score (nSPS) is 23.1. The standard InChI is InChI=1S/C18H20IN/c19-13-17-11-12-18(16-9-5-2-6-10-16)20(17)14-15-7-3-1-4-8-15/h1-10,17-18H,11-14H2/t17-,18-/m1/s1. The minimum absolute atomic E-state index is 0.580. The van der Waals surface area contributed by atoms with E-state index in [1.54, 1.807) is 0 Å². The van der Waals surface area contributed by atoms with E-state index < -0.39 is 0 Å². The van der Waals surface area contributed by atoms with Gasteiger partial charge in [0.1, 0.15) is 0 Å². The summed E-state index contributed by atoms with van der Waals surface area (Å²) >= 11 is 2.54. The lowest BCUT2D eigenvalue weighted by molar-refractivity contribution is 0.199. The van der Waals surface area contributed by atoms with Gasteiger partial charge in [0.2, 0.25) is 0 Å². The molecule has 0 bridgehead atoms. The van der Waals surface area contributed by atoms with Crippen LogP contribution in [0.2, 0.25) is 0 Å². The third kappa shape index (κ3) is 3.07. The van der Waals surface area contributed by atoms with Crippen LogP contribution in [0.15, 0.2) is 60.7 Å². The molecule has 0 unspecified atom stereocenters. The molecule has 0 amide bonds. The van der Waals surface area contributed by atoms with E-state index in [1.165, 1.54) is 28.4 Å². The SMILES string of the molecule is IC[C@H]1CC[C@H](c2ccccc2)N1Cc1ccccc1. The summed E-state index contributed by atoms with van der Waals surface area (Å²) in [5, 5.41) is 0. The molecule has 0 radical (unpaired) electrons. The van der Waals surface area contributed by atoms with Crippen LogP contribution in [0.3, 0.4) is 0 Å². The van der Waals surface area contributed by atoms with Crippen LogP contribution in [0.4, 0.5) is 0 Å². The molecule has 2 heteroatoms. The van der Waals surface area contributed by atoms with Crippen LogP contribution >= 0.6 is 22.6 Å². The Balaban J connectivity index is 1.83. The molecule has 1 aliphatic heterocycles. The van der Waals surface area contributed by atoms with E-state index in [1.807, 2.05) is 0 Å². The van der Waals surface area contributed by atoms with E-state index in [2.05, 4.69) is 88.2 Å². The Morgan fingerprint density at radius 1 is 0.900 bits per heavy atom. The lowest BCUT2D eigenvalue weighted by Gasteiger charge is -2.29. The van der Waals surface area contributed by atoms with Gasteiger partial charge in [0.05, 0.1) is 0 Å². The van der Waals surface area contributed by atoms with Crippen molar-refractivity contribution in [3.8, 4) is 0 Å². The number of nitrogens with zero attached hydrogens (tertiary/aromatic N) is 1. The highest BCUT2D eigenvalue weighted by molar-refractivity contribution is 14.1. The number of rotatable bonds is 4. The molecule has 1 fully saturated rings. The molecular formula is C18H20IN. The fraction of sp³-hybridized carbons (Fsp3) is 0.333. The molecule has 0 saturated carbocycles. The van der Waals surface area contributed by atoms with Crippen molar-refractivity contribution in [2.75, 3.05) is 4.43 Å². The summed E-state index contributed by atoms with van der Waals surface area (Å²) in [5.74, 6) is 0. The lowest BCUT2D eigenvalue weighted by atomic mass is 10.0. The van der Waals surface area contributed by atoms with E-state index in [-0.39, 0.29) is 0 Å². The van der Waals surface area contributed by atoms with Crippen LogP contribution < -0.4 is 0 Å². The minimum Gasteiger partial charge on any atom is -0.288 e. The van der Waals surface area contributed by atoms with Crippen molar-refractivity contribution in [1.82, 2.24) is 4.90 Å². The number of halogens is 1. The molecule has 0 N–H and O–H groups in total. The predicted octanol–water partition coefficient (Wildman–Crippen LogP) is 4.83. The zero-order valence-electron chi connectivity index (χ0n) is 11.6. The molecule has 2 aromatic carbocycles. The molecule has 2 aromatic rings. The molecular weight excluding hydrogens is 357 g/mol. The van der Waals surface area contributed by atoms with Crippen LogP contribution in [0.5, 0.6) is 0 Å². The average Bonchev–Trinajstić information content (AvgIpc) is 2.92. The Morgan fingerprint density at radius 3 is 2.20 bits per heavy atom. The minimum atomic E-state index is 0.580. The van der Waals surface area contributed by atoms with Gasteiger partial charge in [-0.3, -0.25) is 4.90 Å². The first-order valence-corrected chi connectivity index (χ1v) is 8.81. The summed E-state index contributed by atoms with van der Waals surface area (Å²) in [6, 6.07) is 23.1. The highest BCUT2D eigenvalue weighted by Gasteiger charge is 2.33. The van der Waals surface area contributed by atoms with Gasteiger partial charge in [-0.1, -0.05) is 83.3 Å². The number of alkyl halides is 1. The van der Waals surface area contributed by atoms with Gasteiger partial charge in [0.15, 0.2) is 0 Å². The monoisotopic (exact) mass is 377 g/mol. The summed E-state index contributed by atoms with van der Waals surface area (Å²) in [7, 11) is 0. The first kappa shape index (κ1) is 14.1. The first-order chi connectivity index (χ1) is 9.88. The van der Waals surface area contributed by atoms with Gasteiger partial charge in [0.25, 0.3) is 0 Å². The Morgan fingerprint density at radius 2 is 1.55 bits per heavy atom. The van der Waals surface area contributed by atoms with Crippen LogP contribution in [0.1, 0.15) is 30.0 Å². The number of benzene rings is 2. The van der Waals surface area contributed by atoms with Gasteiger partial charge in [0, 0.05) is 23.1 Å². The van der Waals surface area contributed by atoms with Gasteiger partial charge in [-0.15, -0.1) is 0 Å². The maximum atomic E-state index is 2.69. The second-order valence-electron chi connectivity index (χ2n) is 5.47. The van der Waals surface area contributed by atoms with Crippen LogP contribution in [-0.4, -0.2) is 15.4 Å². The molecule has 0 aromatic heterocycles. The van der Waals surface area contributed by atoms with Gasteiger partial charge >= 0.3 is 0 Å². The summed E-state index contributed by atoms with van der Waals surface area (Å²) in [6.45, 7) is 1.06. The predicted molar refractivity (Wildman–Crippen MR) is 93.1 cm³/mol. The Hall–Kier alpha value is -0.870. The van der Waals surface area contributed by atoms with Crippen molar-refractivity contribution < 1.29 is 0 Å². The second-order valence-corrected chi connectivity index (χ2v) is 6.35. The van der Waals surface area contributed by atoms with E-state index in [9.17, 15) is 0 Å². The zero-order chi connectivity index (χ0) is 13.8. The topological polar surface area (TPSA) is 3.24 Å². The Labute approximate surface area is 135 Å². The summed E-state index contributed by atoms with van der Waals surface area (Å²) in [5.41, 5.74) is 2.89. The molecule has 1 heterocycles. The summed E-state index contributed by atoms with van der Waals surface area (Å²) < 4.78 is 1.22. The van der Waals surface area contributed by atoms with Gasteiger partial charge < -0.3 is 0 Å². The van der Waals surface area contributed by atoms with Crippen molar-refractivity contribution >= 4 is 22.6 Å². The molecule has 1 saturated heterocycles. The van der Waals surface area contributed by atoms with Crippen LogP contribution in [0, 0.1) is 0 Å². The van der Waals surface area contributed by atoms with Crippen molar-refractivity contribution in [2.45, 2.75) is 31.5 Å². The molecule has 2 atom stereocenters. The average molecular weight is 377 g/mol. The maximum Gasteiger partial charge on any atom is 0.0355 e. The second kappa shape index (κ2) is 6.72. The Kier molecular flexibility index (Phi) is 4.73. The van der Waals surface area contributed by atoms with Gasteiger partial charge in [-0.25, -0.2) is 0 Å². The van der Waals surface area contributed by atoms with E-state index >= 15 is 0 Å². The molecule has 3 rings (SSSR count). The highest BCUT2D eigenvalue weighted by atomic mass is 127. The van der Waals surface area contributed by atoms with E-state index in [0.29, 0.717) is 12.1 Å². The van der Waals surface area contributed by atoms with Crippen molar-refractivity contribution in [3.63, 3.8) is 0 Å². The number of hydrogen-bond donors (Lipinski definition) is 0. The largest absolute Gasteiger partial charge is 0.288 e. The highest BCUT2D eigenvalue weighted by Crippen LogP contribution is 2.37. The van der Waals surface area contributed by atoms with Gasteiger partial charge in [-0.05, 0) is 24.0 Å². The smallest absolute Gasteiger partial charge is 0.0355 e. The molecule has 0 aliphatic carbocycles. The maximum absolute atomic E-state index is 2.69. The third-order valence-corrected chi connectivity index (χ3v) is 5.23. The number of hydrogen-bond acceptors (Lipinski definition) is 1. The summed E-state index contributed by atoms with van der Waals surface area (Å²) in [6.07, 6.45) is 2.60. The fourth-order valence-corrected chi connectivity index (χ4v) is 4.12. The Bertz CT molecular complexity index is 526. The molecule has 20 heavy (non-hydrogen) atoms. The van der Waals surface area contributed by atoms with Crippen molar-refractivity contribution in [3.05, 3.63) is 71.8 Å². The molecule has 1 aliphatic rings. The van der Waals surface area contributed by atoms with E-state index in [0.717, 1.165) is 6.54 Å². The van der Waals surface area contributed by atoms with Crippen molar-refractivity contribution in [1.29, 1.82) is 0 Å². The fourth-order valence-electron chi connectivity index (χ4n) is 3.17. The van der Waals surface area contributed by atoms with Gasteiger partial charge in [-0.2, -0.15) is 0 Å². The number of likely N-dealkylation sites (tertiary alicyclic amines) is 1. The van der Waals surface area contributed by atoms with E-state index in [4.69, 9.17) is 0 Å². The molecule has 0 spiro atoms. The third-order valence-electron chi connectivity index (χ3n) is 4.21. The van der Waals surface area contributed by atoms with Crippen LogP contribution in [0.25, 0.3) is 0 Å². The summed E-state index contributed by atoms with van der Waals surface area (Å²) in [4.78, 5) is 2.69. The molecule has 104 valence electrons. The zero-order valence-corrected chi connectivity index (χ0v) is 13.7. The quantitative estimate of drug-likeness (QED) is 0.545. The van der Waals surface area contributed by atoms with Crippen LogP contribution in [-0.2, 0) is 6.54 Å². The first-order valence-electron chi connectivity index (χ1n) is 7.29.